The number of benzene rings is 1. The SMILES string of the molecule is CCNC(=NCc1ccc2c(c1)CCCN2C)N1CCC(OCC)CC1.I. The Hall–Kier alpha value is -1.02. The first-order valence-corrected chi connectivity index (χ1v) is 10.2. The van der Waals surface area contributed by atoms with Crippen LogP contribution in [0.4, 0.5) is 5.69 Å². The smallest absolute Gasteiger partial charge is 0.194 e. The third kappa shape index (κ3) is 5.98. The predicted molar refractivity (Wildman–Crippen MR) is 124 cm³/mol. The highest BCUT2D eigenvalue weighted by Gasteiger charge is 2.21. The van der Waals surface area contributed by atoms with Crippen LogP contribution < -0.4 is 10.2 Å². The first-order valence-electron chi connectivity index (χ1n) is 10.2. The zero-order valence-corrected chi connectivity index (χ0v) is 19.4. The fourth-order valence-corrected chi connectivity index (χ4v) is 4.00. The Morgan fingerprint density at radius 2 is 2.00 bits per heavy atom. The van der Waals surface area contributed by atoms with Gasteiger partial charge >= 0.3 is 0 Å². The first kappa shape index (κ1) is 22.3. The van der Waals surface area contributed by atoms with Crippen molar-refractivity contribution < 1.29 is 4.74 Å². The summed E-state index contributed by atoms with van der Waals surface area (Å²) in [7, 11) is 2.19. The number of piperidine rings is 1. The molecule has 0 unspecified atom stereocenters. The maximum Gasteiger partial charge on any atom is 0.194 e. The lowest BCUT2D eigenvalue weighted by Crippen LogP contribution is -2.47. The van der Waals surface area contributed by atoms with Gasteiger partial charge in [0, 0.05) is 45.5 Å². The highest BCUT2D eigenvalue weighted by atomic mass is 127. The number of guanidine groups is 1. The molecule has 27 heavy (non-hydrogen) atoms. The number of likely N-dealkylation sites (tertiary alicyclic amines) is 1. The van der Waals surface area contributed by atoms with E-state index in [4.69, 9.17) is 9.73 Å². The largest absolute Gasteiger partial charge is 0.378 e. The summed E-state index contributed by atoms with van der Waals surface area (Å²) in [6.07, 6.45) is 5.01. The molecule has 0 amide bonds. The van der Waals surface area contributed by atoms with E-state index in [0.717, 1.165) is 58.1 Å². The number of nitrogens with zero attached hydrogens (tertiary/aromatic N) is 3. The molecular weight excluding hydrogens is 451 g/mol. The molecule has 2 aliphatic rings. The van der Waals surface area contributed by atoms with E-state index in [1.165, 1.54) is 29.7 Å². The minimum absolute atomic E-state index is 0. The van der Waals surface area contributed by atoms with Crippen LogP contribution in [0.25, 0.3) is 0 Å². The van der Waals surface area contributed by atoms with Gasteiger partial charge in [-0.15, -0.1) is 24.0 Å². The van der Waals surface area contributed by atoms with E-state index in [9.17, 15) is 0 Å². The number of ether oxygens (including phenoxy) is 1. The molecule has 0 aromatic heterocycles. The van der Waals surface area contributed by atoms with Gasteiger partial charge in [0.2, 0.25) is 0 Å². The van der Waals surface area contributed by atoms with Crippen molar-refractivity contribution in [1.82, 2.24) is 10.2 Å². The Morgan fingerprint density at radius 3 is 2.70 bits per heavy atom. The lowest BCUT2D eigenvalue weighted by atomic mass is 10.00. The summed E-state index contributed by atoms with van der Waals surface area (Å²) in [6, 6.07) is 6.84. The minimum atomic E-state index is 0. The van der Waals surface area contributed by atoms with E-state index in [2.05, 4.69) is 54.2 Å². The third-order valence-corrected chi connectivity index (χ3v) is 5.38. The van der Waals surface area contributed by atoms with Crippen molar-refractivity contribution in [3.8, 4) is 0 Å². The Labute approximate surface area is 181 Å². The second-order valence-electron chi connectivity index (χ2n) is 7.30. The van der Waals surface area contributed by atoms with Gasteiger partial charge in [-0.05, 0) is 56.7 Å². The lowest BCUT2D eigenvalue weighted by Gasteiger charge is -2.34. The molecule has 1 fully saturated rings. The number of anilines is 1. The molecule has 1 saturated heterocycles. The third-order valence-electron chi connectivity index (χ3n) is 5.38. The quantitative estimate of drug-likeness (QED) is 0.392. The molecule has 0 spiro atoms. The van der Waals surface area contributed by atoms with Crippen molar-refractivity contribution in [3.63, 3.8) is 0 Å². The fourth-order valence-electron chi connectivity index (χ4n) is 4.00. The van der Waals surface area contributed by atoms with E-state index in [-0.39, 0.29) is 24.0 Å². The lowest BCUT2D eigenvalue weighted by molar-refractivity contribution is 0.0263. The number of halogens is 1. The predicted octanol–water partition coefficient (Wildman–Crippen LogP) is 3.65. The molecule has 1 aromatic rings. The average Bonchev–Trinajstić information content (AvgIpc) is 2.66. The zero-order valence-electron chi connectivity index (χ0n) is 17.0. The van der Waals surface area contributed by atoms with Gasteiger partial charge in [0.1, 0.15) is 0 Å². The molecule has 0 atom stereocenters. The molecule has 1 aromatic carbocycles. The molecule has 1 N–H and O–H groups in total. The standard InChI is InChI=1S/C21H34N4O.HI/c1-4-22-21(25-13-10-19(11-14-25)26-5-2)23-16-17-8-9-20-18(15-17)7-6-12-24(20)3;/h8-9,15,19H,4-7,10-14,16H2,1-3H3,(H,22,23);1H. The molecule has 3 rings (SSSR count). The van der Waals surface area contributed by atoms with Gasteiger partial charge in [-0.2, -0.15) is 0 Å². The Balaban J connectivity index is 0.00000261. The van der Waals surface area contributed by atoms with Crippen molar-refractivity contribution in [2.24, 2.45) is 4.99 Å². The second-order valence-corrected chi connectivity index (χ2v) is 7.30. The van der Waals surface area contributed by atoms with Crippen LogP contribution >= 0.6 is 24.0 Å². The topological polar surface area (TPSA) is 40.1 Å². The summed E-state index contributed by atoms with van der Waals surface area (Å²) in [5, 5.41) is 3.47. The summed E-state index contributed by atoms with van der Waals surface area (Å²) in [5.74, 6) is 1.04. The summed E-state index contributed by atoms with van der Waals surface area (Å²) in [4.78, 5) is 9.66. The van der Waals surface area contributed by atoms with Crippen LogP contribution in [0, 0.1) is 0 Å². The van der Waals surface area contributed by atoms with Gasteiger partial charge in [0.15, 0.2) is 5.96 Å². The molecule has 5 nitrogen and oxygen atoms in total. The number of hydrogen-bond donors (Lipinski definition) is 1. The van der Waals surface area contributed by atoms with Gasteiger partial charge in [0.25, 0.3) is 0 Å². The van der Waals surface area contributed by atoms with Crippen molar-refractivity contribution in [1.29, 1.82) is 0 Å². The average molecular weight is 486 g/mol. The zero-order chi connectivity index (χ0) is 18.4. The maximum absolute atomic E-state index is 5.77. The molecule has 0 saturated carbocycles. The number of aryl methyl sites for hydroxylation is 1. The van der Waals surface area contributed by atoms with Crippen molar-refractivity contribution in [3.05, 3.63) is 29.3 Å². The highest BCUT2D eigenvalue weighted by molar-refractivity contribution is 14.0. The van der Waals surface area contributed by atoms with Crippen LogP contribution in [0.3, 0.4) is 0 Å². The molecule has 0 bridgehead atoms. The summed E-state index contributed by atoms with van der Waals surface area (Å²) in [6.45, 7) is 9.87. The van der Waals surface area contributed by atoms with E-state index >= 15 is 0 Å². The number of fused-ring (bicyclic) bond motifs is 1. The van der Waals surface area contributed by atoms with E-state index in [1.54, 1.807) is 0 Å². The minimum Gasteiger partial charge on any atom is -0.378 e. The van der Waals surface area contributed by atoms with Gasteiger partial charge in [-0.1, -0.05) is 12.1 Å². The van der Waals surface area contributed by atoms with E-state index in [0.29, 0.717) is 6.10 Å². The van der Waals surface area contributed by atoms with Crippen LogP contribution in [0.1, 0.15) is 44.2 Å². The number of aliphatic imine (C=N–C) groups is 1. The Kier molecular flexibility index (Phi) is 9.15. The molecule has 0 radical (unpaired) electrons. The molecule has 2 heterocycles. The number of nitrogens with one attached hydrogen (secondary N) is 1. The first-order chi connectivity index (χ1) is 12.7. The summed E-state index contributed by atoms with van der Waals surface area (Å²) >= 11 is 0. The second kappa shape index (κ2) is 11.1. The van der Waals surface area contributed by atoms with E-state index < -0.39 is 0 Å². The highest BCUT2D eigenvalue weighted by Crippen LogP contribution is 2.27. The summed E-state index contributed by atoms with van der Waals surface area (Å²) in [5.41, 5.74) is 4.15. The van der Waals surface area contributed by atoms with Crippen LogP contribution in [0.15, 0.2) is 23.2 Å². The number of rotatable bonds is 5. The van der Waals surface area contributed by atoms with E-state index in [1.807, 2.05) is 0 Å². The molecule has 2 aliphatic heterocycles. The Bertz CT molecular complexity index is 614. The van der Waals surface area contributed by atoms with Gasteiger partial charge in [-0.3, -0.25) is 0 Å². The molecule has 0 aliphatic carbocycles. The monoisotopic (exact) mass is 486 g/mol. The van der Waals surface area contributed by atoms with Crippen molar-refractivity contribution in [2.45, 2.75) is 52.2 Å². The van der Waals surface area contributed by atoms with Crippen molar-refractivity contribution >= 4 is 35.6 Å². The summed E-state index contributed by atoms with van der Waals surface area (Å²) < 4.78 is 5.77. The number of hydrogen-bond acceptors (Lipinski definition) is 3. The van der Waals surface area contributed by atoms with Crippen molar-refractivity contribution in [2.75, 3.05) is 44.7 Å². The van der Waals surface area contributed by atoms with Gasteiger partial charge in [-0.25, -0.2) is 4.99 Å². The molecular formula is C21H35IN4O. The maximum atomic E-state index is 5.77. The normalized spacial score (nSPS) is 18.1. The van der Waals surface area contributed by atoms with Crippen LogP contribution in [0.2, 0.25) is 0 Å². The van der Waals surface area contributed by atoms with Crippen LogP contribution in [0.5, 0.6) is 0 Å². The molecule has 6 heteroatoms. The van der Waals surface area contributed by atoms with Crippen LogP contribution in [-0.2, 0) is 17.7 Å². The fraction of sp³-hybridized carbons (Fsp3) is 0.667. The van der Waals surface area contributed by atoms with Crippen LogP contribution in [-0.4, -0.2) is 56.8 Å². The van der Waals surface area contributed by atoms with Gasteiger partial charge < -0.3 is 19.9 Å². The van der Waals surface area contributed by atoms with Gasteiger partial charge in [0.05, 0.1) is 12.6 Å². The Morgan fingerprint density at radius 1 is 1.22 bits per heavy atom. The molecule has 152 valence electrons.